The summed E-state index contributed by atoms with van der Waals surface area (Å²) in [6.45, 7) is 2.12. The van der Waals surface area contributed by atoms with Crippen molar-refractivity contribution in [2.24, 2.45) is 0 Å². The van der Waals surface area contributed by atoms with Gasteiger partial charge in [0, 0.05) is 37.6 Å². The van der Waals surface area contributed by atoms with Gasteiger partial charge in [-0.15, -0.1) is 0 Å². The Morgan fingerprint density at radius 2 is 1.93 bits per heavy atom. The predicted octanol–water partition coefficient (Wildman–Crippen LogP) is 2.36. The van der Waals surface area contributed by atoms with E-state index in [0.29, 0.717) is 23.0 Å². The topological polar surface area (TPSA) is 96.8 Å². The van der Waals surface area contributed by atoms with Crippen LogP contribution in [0.3, 0.4) is 0 Å². The molecule has 28 heavy (non-hydrogen) atoms. The van der Waals surface area contributed by atoms with Gasteiger partial charge in [0.2, 0.25) is 11.9 Å². The van der Waals surface area contributed by atoms with Crippen LogP contribution in [-0.4, -0.2) is 32.7 Å². The second-order valence-corrected chi connectivity index (χ2v) is 6.08. The minimum atomic E-state index is -0.632. The Morgan fingerprint density at radius 1 is 1.18 bits per heavy atom. The van der Waals surface area contributed by atoms with Gasteiger partial charge in [-0.2, -0.15) is 10.1 Å². The van der Waals surface area contributed by atoms with Crippen molar-refractivity contribution in [1.29, 1.82) is 0 Å². The van der Waals surface area contributed by atoms with Gasteiger partial charge in [-0.1, -0.05) is 0 Å². The summed E-state index contributed by atoms with van der Waals surface area (Å²) in [7, 11) is 1.55. The molecule has 0 fully saturated rings. The maximum Gasteiger partial charge on any atom is 0.241 e. The number of carbonyl (C=O) groups is 1. The molecule has 0 aliphatic rings. The number of benzene rings is 1. The molecule has 10 heteroatoms. The quantitative estimate of drug-likeness (QED) is 0.576. The minimum Gasteiger partial charge on any atom is -0.366 e. The van der Waals surface area contributed by atoms with Crippen LogP contribution in [0.1, 0.15) is 11.1 Å². The molecule has 0 unspecified atom stereocenters. The number of halogens is 2. The van der Waals surface area contributed by atoms with E-state index in [2.05, 4.69) is 31.0 Å². The first-order valence-electron chi connectivity index (χ1n) is 8.45. The van der Waals surface area contributed by atoms with E-state index in [-0.39, 0.29) is 19.0 Å². The van der Waals surface area contributed by atoms with E-state index in [4.69, 9.17) is 0 Å². The summed E-state index contributed by atoms with van der Waals surface area (Å²) in [6, 6.07) is 3.34. The van der Waals surface area contributed by atoms with Crippen molar-refractivity contribution in [2.75, 3.05) is 17.7 Å². The lowest BCUT2D eigenvalue weighted by molar-refractivity contribution is -0.121. The molecule has 3 rings (SSSR count). The molecule has 146 valence electrons. The Morgan fingerprint density at radius 3 is 2.64 bits per heavy atom. The average Bonchev–Trinajstić information content (AvgIpc) is 3.08. The number of carbonyl (C=O) groups excluding carboxylic acids is 1. The summed E-state index contributed by atoms with van der Waals surface area (Å²) in [5, 5.41) is 12.7. The molecule has 3 N–H and O–H groups in total. The molecule has 0 radical (unpaired) electrons. The zero-order valence-corrected chi connectivity index (χ0v) is 15.3. The molecule has 0 saturated carbocycles. The summed E-state index contributed by atoms with van der Waals surface area (Å²) in [5.74, 6) is -0.584. The molecule has 0 saturated heterocycles. The van der Waals surface area contributed by atoms with Gasteiger partial charge in [0.1, 0.15) is 24.0 Å². The first-order valence-corrected chi connectivity index (χ1v) is 8.45. The monoisotopic (exact) mass is 387 g/mol. The van der Waals surface area contributed by atoms with Crippen LogP contribution in [0.15, 0.2) is 36.8 Å². The Bertz CT molecular complexity index is 970. The smallest absolute Gasteiger partial charge is 0.241 e. The highest BCUT2D eigenvalue weighted by atomic mass is 19.1. The van der Waals surface area contributed by atoms with Gasteiger partial charge in [-0.05, 0) is 24.6 Å². The molecule has 0 aliphatic carbocycles. The first kappa shape index (κ1) is 19.2. The second-order valence-electron chi connectivity index (χ2n) is 6.08. The molecule has 0 spiro atoms. The van der Waals surface area contributed by atoms with Crippen LogP contribution in [0.5, 0.6) is 0 Å². The van der Waals surface area contributed by atoms with Crippen molar-refractivity contribution >= 4 is 23.4 Å². The van der Waals surface area contributed by atoms with Crippen molar-refractivity contribution in [3.8, 4) is 0 Å². The van der Waals surface area contributed by atoms with Crippen molar-refractivity contribution in [3.05, 3.63) is 59.6 Å². The number of nitrogens with one attached hydrogen (secondary N) is 3. The third-order valence-corrected chi connectivity index (χ3v) is 3.83. The SMILES string of the molecule is CNC(=O)Cn1cc(Nc2ncc(C)c(NCc3cc(F)cc(F)c3)n2)cn1. The van der Waals surface area contributed by atoms with Crippen LogP contribution in [0, 0.1) is 18.6 Å². The number of aromatic nitrogens is 4. The first-order chi connectivity index (χ1) is 13.4. The molecule has 0 bridgehead atoms. The third kappa shape index (κ3) is 5.00. The second kappa shape index (κ2) is 8.42. The van der Waals surface area contributed by atoms with Crippen molar-refractivity contribution in [1.82, 2.24) is 25.1 Å². The van der Waals surface area contributed by atoms with Gasteiger partial charge >= 0.3 is 0 Å². The minimum absolute atomic E-state index is 0.101. The average molecular weight is 387 g/mol. The predicted molar refractivity (Wildman–Crippen MR) is 100 cm³/mol. The fourth-order valence-corrected chi connectivity index (χ4v) is 2.45. The number of likely N-dealkylation sites (N-methyl/N-ethyl adjacent to an activating group) is 1. The number of hydrogen-bond acceptors (Lipinski definition) is 6. The Balaban J connectivity index is 1.68. The lowest BCUT2D eigenvalue weighted by atomic mass is 10.2. The highest BCUT2D eigenvalue weighted by Crippen LogP contribution is 2.18. The van der Waals surface area contributed by atoms with Gasteiger partial charge in [-0.3, -0.25) is 9.48 Å². The summed E-state index contributed by atoms with van der Waals surface area (Å²) < 4.78 is 28.1. The normalized spacial score (nSPS) is 10.6. The maximum atomic E-state index is 13.3. The van der Waals surface area contributed by atoms with E-state index in [1.807, 2.05) is 6.92 Å². The zero-order valence-electron chi connectivity index (χ0n) is 15.3. The fraction of sp³-hybridized carbons (Fsp3) is 0.222. The van der Waals surface area contributed by atoms with Gasteiger partial charge in [0.25, 0.3) is 0 Å². The number of aryl methyl sites for hydroxylation is 1. The van der Waals surface area contributed by atoms with E-state index in [9.17, 15) is 13.6 Å². The van der Waals surface area contributed by atoms with Crippen LogP contribution >= 0.6 is 0 Å². The zero-order chi connectivity index (χ0) is 20.1. The number of amides is 1. The van der Waals surface area contributed by atoms with Crippen molar-refractivity contribution in [3.63, 3.8) is 0 Å². The Kier molecular flexibility index (Phi) is 5.78. The van der Waals surface area contributed by atoms with Gasteiger partial charge in [0.15, 0.2) is 0 Å². The van der Waals surface area contributed by atoms with Crippen LogP contribution < -0.4 is 16.0 Å². The van der Waals surface area contributed by atoms with Gasteiger partial charge < -0.3 is 16.0 Å². The van der Waals surface area contributed by atoms with Crippen LogP contribution in [-0.2, 0) is 17.9 Å². The molecule has 0 aliphatic heterocycles. The van der Waals surface area contributed by atoms with Crippen molar-refractivity contribution in [2.45, 2.75) is 20.0 Å². The van der Waals surface area contributed by atoms with Gasteiger partial charge in [0.05, 0.1) is 11.9 Å². The molecule has 8 nitrogen and oxygen atoms in total. The summed E-state index contributed by atoms with van der Waals surface area (Å²) >= 11 is 0. The lowest BCUT2D eigenvalue weighted by Gasteiger charge is -2.10. The number of hydrogen-bond donors (Lipinski definition) is 3. The lowest BCUT2D eigenvalue weighted by Crippen LogP contribution is -2.23. The highest BCUT2D eigenvalue weighted by molar-refractivity contribution is 5.75. The summed E-state index contributed by atoms with van der Waals surface area (Å²) in [5.41, 5.74) is 1.85. The van der Waals surface area contributed by atoms with Crippen LogP contribution in [0.4, 0.5) is 26.2 Å². The fourth-order valence-electron chi connectivity index (χ4n) is 2.45. The number of rotatable bonds is 7. The number of anilines is 3. The van der Waals surface area contributed by atoms with Crippen molar-refractivity contribution < 1.29 is 13.6 Å². The molecule has 2 aromatic heterocycles. The summed E-state index contributed by atoms with van der Waals surface area (Å²) in [6.07, 6.45) is 4.83. The molecule has 3 aromatic rings. The summed E-state index contributed by atoms with van der Waals surface area (Å²) in [4.78, 5) is 20.0. The highest BCUT2D eigenvalue weighted by Gasteiger charge is 2.08. The Hall–Kier alpha value is -3.56. The van der Waals surface area contributed by atoms with E-state index in [1.54, 1.807) is 25.6 Å². The van der Waals surface area contributed by atoms with Gasteiger partial charge in [-0.25, -0.2) is 13.8 Å². The molecule has 2 heterocycles. The van der Waals surface area contributed by atoms with E-state index in [1.165, 1.54) is 16.8 Å². The molecule has 1 amide bonds. The maximum absolute atomic E-state index is 13.3. The van der Waals surface area contributed by atoms with E-state index >= 15 is 0 Å². The molecule has 0 atom stereocenters. The Labute approximate surface area is 160 Å². The molecular formula is C18H19F2N7O. The third-order valence-electron chi connectivity index (χ3n) is 3.83. The van der Waals surface area contributed by atoms with E-state index < -0.39 is 11.6 Å². The van der Waals surface area contributed by atoms with E-state index in [0.717, 1.165) is 11.6 Å². The number of nitrogens with zero attached hydrogens (tertiary/aromatic N) is 4. The largest absolute Gasteiger partial charge is 0.366 e. The standard InChI is InChI=1S/C18H19F2N7O/c1-11-6-23-18(25-15-8-24-27(9-15)10-16(28)21-2)26-17(11)22-7-12-3-13(19)5-14(20)4-12/h3-6,8-9H,7,10H2,1-2H3,(H,21,28)(H2,22,23,25,26). The van der Waals surface area contributed by atoms with Crippen LogP contribution in [0.25, 0.3) is 0 Å². The van der Waals surface area contributed by atoms with Crippen LogP contribution in [0.2, 0.25) is 0 Å². The molecular weight excluding hydrogens is 368 g/mol. The molecule has 1 aromatic carbocycles.